The molecule has 2 heteroatoms. The molecule has 0 spiro atoms. The summed E-state index contributed by atoms with van der Waals surface area (Å²) in [5.41, 5.74) is 0. The van der Waals surface area contributed by atoms with Crippen molar-refractivity contribution in [3.8, 4) is 0 Å². The molecule has 0 aromatic rings. The van der Waals surface area contributed by atoms with Gasteiger partial charge in [-0.1, -0.05) is 28.7 Å². The van der Waals surface area contributed by atoms with Gasteiger partial charge in [-0.15, -0.1) is 6.58 Å². The van der Waals surface area contributed by atoms with Crippen LogP contribution >= 0.6 is 22.6 Å². The summed E-state index contributed by atoms with van der Waals surface area (Å²) in [6, 6.07) is 0. The van der Waals surface area contributed by atoms with Crippen LogP contribution in [0.3, 0.4) is 0 Å². The molecule has 0 aliphatic carbocycles. The summed E-state index contributed by atoms with van der Waals surface area (Å²) in [6.45, 7) is 6.90. The fourth-order valence-electron chi connectivity index (χ4n) is 0.547. The predicted octanol–water partition coefficient (Wildman–Crippen LogP) is 2.32. The summed E-state index contributed by atoms with van der Waals surface area (Å²) in [4.78, 5) is 0. The maximum atomic E-state index is 3.65. The van der Waals surface area contributed by atoms with E-state index in [2.05, 4.69) is 41.4 Å². The number of rotatable bonds is 5. The van der Waals surface area contributed by atoms with E-state index in [0.717, 1.165) is 13.0 Å². The van der Waals surface area contributed by atoms with Crippen LogP contribution in [0, 0.1) is 0 Å². The molecule has 0 aliphatic heterocycles. The molecule has 0 fully saturated rings. The quantitative estimate of drug-likeness (QED) is 0.255. The van der Waals surface area contributed by atoms with Crippen LogP contribution in [0.4, 0.5) is 0 Å². The van der Waals surface area contributed by atoms with E-state index in [9.17, 15) is 0 Å². The molecule has 0 bridgehead atoms. The van der Waals surface area contributed by atoms with Crippen LogP contribution in [-0.4, -0.2) is 10.6 Å². The van der Waals surface area contributed by atoms with Crippen LogP contribution in [0.15, 0.2) is 12.7 Å². The van der Waals surface area contributed by atoms with Crippen molar-refractivity contribution in [1.29, 1.82) is 0 Å². The second-order valence-electron chi connectivity index (χ2n) is 2.00. The molecular weight excluding hydrogens is 225 g/mol. The van der Waals surface area contributed by atoms with Crippen molar-refractivity contribution in [1.82, 2.24) is 5.32 Å². The van der Waals surface area contributed by atoms with Crippen molar-refractivity contribution in [2.75, 3.05) is 6.54 Å². The molecular formula is C7H14IN. The van der Waals surface area contributed by atoms with Gasteiger partial charge in [0.1, 0.15) is 0 Å². The van der Waals surface area contributed by atoms with Crippen LogP contribution in [-0.2, 0) is 0 Å². The molecule has 1 N–H and O–H groups in total. The van der Waals surface area contributed by atoms with E-state index in [1.807, 2.05) is 6.08 Å². The number of halogens is 1. The van der Waals surface area contributed by atoms with E-state index in [1.54, 1.807) is 0 Å². The Morgan fingerprint density at radius 3 is 2.89 bits per heavy atom. The van der Waals surface area contributed by atoms with Crippen LogP contribution in [0.25, 0.3) is 0 Å². The Morgan fingerprint density at radius 1 is 1.78 bits per heavy atom. The molecule has 0 radical (unpaired) electrons. The molecule has 1 atom stereocenters. The van der Waals surface area contributed by atoms with Gasteiger partial charge in [-0.2, -0.15) is 0 Å². The maximum Gasteiger partial charge on any atom is 0.0564 e. The van der Waals surface area contributed by atoms with Crippen LogP contribution in [0.2, 0.25) is 0 Å². The average Bonchev–Trinajstić information content (AvgIpc) is 1.80. The smallest absolute Gasteiger partial charge is 0.0564 e. The highest BCUT2D eigenvalue weighted by molar-refractivity contribution is 14.1. The first-order valence-electron chi connectivity index (χ1n) is 3.25. The number of unbranched alkanes of at least 4 members (excludes halogenated alkanes) is 1. The molecule has 9 heavy (non-hydrogen) atoms. The minimum absolute atomic E-state index is 0.590. The topological polar surface area (TPSA) is 12.0 Å². The SMILES string of the molecule is C=CCCCNC(C)I. The van der Waals surface area contributed by atoms with E-state index in [0.29, 0.717) is 4.05 Å². The zero-order chi connectivity index (χ0) is 7.11. The minimum Gasteiger partial charge on any atom is -0.306 e. The first-order valence-corrected chi connectivity index (χ1v) is 4.50. The third kappa shape index (κ3) is 8.43. The van der Waals surface area contributed by atoms with Crippen molar-refractivity contribution >= 4 is 22.6 Å². The lowest BCUT2D eigenvalue weighted by Crippen LogP contribution is -2.20. The molecule has 0 heterocycles. The predicted molar refractivity (Wildman–Crippen MR) is 50.9 cm³/mol. The van der Waals surface area contributed by atoms with Crippen LogP contribution in [0.5, 0.6) is 0 Å². The number of allylic oxidation sites excluding steroid dienone is 1. The number of hydrogen-bond acceptors (Lipinski definition) is 1. The Hall–Kier alpha value is 0.430. The molecule has 0 aromatic heterocycles. The standard InChI is InChI=1S/C7H14IN/c1-3-4-5-6-9-7(2)8/h3,7,9H,1,4-6H2,2H3. The highest BCUT2D eigenvalue weighted by Gasteiger charge is 1.89. The molecule has 1 unspecified atom stereocenters. The first kappa shape index (κ1) is 9.43. The van der Waals surface area contributed by atoms with Crippen molar-refractivity contribution in [3.63, 3.8) is 0 Å². The lowest BCUT2D eigenvalue weighted by Gasteiger charge is -2.03. The van der Waals surface area contributed by atoms with Gasteiger partial charge in [0, 0.05) is 0 Å². The number of nitrogens with one attached hydrogen (secondary N) is 1. The largest absolute Gasteiger partial charge is 0.306 e. The summed E-state index contributed by atoms with van der Waals surface area (Å²) in [5.74, 6) is 0. The zero-order valence-corrected chi connectivity index (χ0v) is 8.02. The number of hydrogen-bond donors (Lipinski definition) is 1. The van der Waals surface area contributed by atoms with Gasteiger partial charge in [-0.3, -0.25) is 0 Å². The fraction of sp³-hybridized carbons (Fsp3) is 0.714. The van der Waals surface area contributed by atoms with Gasteiger partial charge in [0.25, 0.3) is 0 Å². The van der Waals surface area contributed by atoms with Crippen LogP contribution in [0.1, 0.15) is 19.8 Å². The van der Waals surface area contributed by atoms with Crippen molar-refractivity contribution in [3.05, 3.63) is 12.7 Å². The normalized spacial score (nSPS) is 13.1. The lowest BCUT2D eigenvalue weighted by atomic mass is 10.3. The van der Waals surface area contributed by atoms with Crippen molar-refractivity contribution in [2.45, 2.75) is 23.8 Å². The molecule has 0 aliphatic rings. The summed E-state index contributed by atoms with van der Waals surface area (Å²) in [7, 11) is 0. The molecule has 0 rings (SSSR count). The Labute approximate surface area is 71.1 Å². The fourth-order valence-corrected chi connectivity index (χ4v) is 0.859. The Balaban J connectivity index is 2.82. The first-order chi connectivity index (χ1) is 4.27. The van der Waals surface area contributed by atoms with Gasteiger partial charge in [0.05, 0.1) is 4.05 Å². The molecule has 54 valence electrons. The van der Waals surface area contributed by atoms with E-state index >= 15 is 0 Å². The second-order valence-corrected chi connectivity index (χ2v) is 3.87. The second kappa shape index (κ2) is 6.55. The highest BCUT2D eigenvalue weighted by atomic mass is 127. The van der Waals surface area contributed by atoms with Gasteiger partial charge in [-0.05, 0) is 26.3 Å². The zero-order valence-electron chi connectivity index (χ0n) is 5.86. The summed E-state index contributed by atoms with van der Waals surface area (Å²) in [6.07, 6.45) is 4.28. The van der Waals surface area contributed by atoms with Crippen LogP contribution < -0.4 is 5.32 Å². The Kier molecular flexibility index (Phi) is 6.86. The van der Waals surface area contributed by atoms with E-state index in [1.165, 1.54) is 6.42 Å². The van der Waals surface area contributed by atoms with Gasteiger partial charge < -0.3 is 5.32 Å². The van der Waals surface area contributed by atoms with E-state index < -0.39 is 0 Å². The van der Waals surface area contributed by atoms with E-state index in [4.69, 9.17) is 0 Å². The van der Waals surface area contributed by atoms with Crippen molar-refractivity contribution < 1.29 is 0 Å². The molecule has 0 saturated heterocycles. The number of alkyl halides is 1. The Morgan fingerprint density at radius 2 is 2.44 bits per heavy atom. The van der Waals surface area contributed by atoms with Gasteiger partial charge in [0.2, 0.25) is 0 Å². The van der Waals surface area contributed by atoms with Crippen molar-refractivity contribution in [2.24, 2.45) is 0 Å². The lowest BCUT2D eigenvalue weighted by molar-refractivity contribution is 0.665. The minimum atomic E-state index is 0.590. The third-order valence-corrected chi connectivity index (χ3v) is 1.45. The molecule has 0 aromatic carbocycles. The maximum absolute atomic E-state index is 3.65. The molecule has 0 amide bonds. The Bertz CT molecular complexity index is 71.3. The monoisotopic (exact) mass is 239 g/mol. The van der Waals surface area contributed by atoms with E-state index in [-0.39, 0.29) is 0 Å². The highest BCUT2D eigenvalue weighted by Crippen LogP contribution is 1.93. The molecule has 0 saturated carbocycles. The third-order valence-electron chi connectivity index (χ3n) is 1.01. The molecule has 1 nitrogen and oxygen atoms in total. The summed E-state index contributed by atoms with van der Waals surface area (Å²) < 4.78 is 0.590. The summed E-state index contributed by atoms with van der Waals surface area (Å²) >= 11 is 2.36. The summed E-state index contributed by atoms with van der Waals surface area (Å²) in [5, 5.41) is 3.32. The van der Waals surface area contributed by atoms with Gasteiger partial charge in [0.15, 0.2) is 0 Å². The average molecular weight is 239 g/mol. The van der Waals surface area contributed by atoms with Gasteiger partial charge in [-0.25, -0.2) is 0 Å². The van der Waals surface area contributed by atoms with Gasteiger partial charge >= 0.3 is 0 Å².